The van der Waals surface area contributed by atoms with Crippen molar-refractivity contribution in [1.29, 1.82) is 0 Å². The summed E-state index contributed by atoms with van der Waals surface area (Å²) in [5, 5.41) is 1.17. The lowest BCUT2D eigenvalue weighted by Gasteiger charge is -2.10. The van der Waals surface area contributed by atoms with Crippen LogP contribution < -0.4 is 9.64 Å². The van der Waals surface area contributed by atoms with Gasteiger partial charge in [-0.15, -0.1) is 0 Å². The molecule has 106 valence electrons. The molecule has 0 amide bonds. The molecule has 4 nitrogen and oxygen atoms in total. The number of pyridine rings is 1. The Bertz CT molecular complexity index is 822. The topological polar surface area (TPSA) is 41.1 Å². The van der Waals surface area contributed by atoms with E-state index in [1.54, 1.807) is 7.11 Å². The van der Waals surface area contributed by atoms with E-state index in [0.717, 1.165) is 35.6 Å². The standard InChI is InChI=1S/C17H17N3O/c1-20-6-5-11-7-12(9-19-17(11)20)15-10-18-16-4-3-13(21-2)8-14(15)16/h3-4,7-10,18H,5-6H2,1-2H3. The molecule has 0 unspecified atom stereocenters. The van der Waals surface area contributed by atoms with Crippen molar-refractivity contribution in [3.05, 3.63) is 42.2 Å². The van der Waals surface area contributed by atoms with Crippen LogP contribution in [0.5, 0.6) is 5.75 Å². The minimum absolute atomic E-state index is 0.872. The van der Waals surface area contributed by atoms with Gasteiger partial charge in [0.25, 0.3) is 0 Å². The summed E-state index contributed by atoms with van der Waals surface area (Å²) >= 11 is 0. The lowest BCUT2D eigenvalue weighted by molar-refractivity contribution is 0.415. The molecule has 1 aliphatic heterocycles. The third kappa shape index (κ3) is 1.87. The highest BCUT2D eigenvalue weighted by Gasteiger charge is 2.18. The molecule has 0 saturated carbocycles. The summed E-state index contributed by atoms with van der Waals surface area (Å²) in [6.07, 6.45) is 5.08. The summed E-state index contributed by atoms with van der Waals surface area (Å²) in [4.78, 5) is 10.2. The molecule has 3 heterocycles. The van der Waals surface area contributed by atoms with Gasteiger partial charge in [0, 0.05) is 48.0 Å². The van der Waals surface area contributed by atoms with Crippen molar-refractivity contribution in [3.63, 3.8) is 0 Å². The number of anilines is 1. The molecule has 1 N–H and O–H groups in total. The van der Waals surface area contributed by atoms with Gasteiger partial charge in [0.15, 0.2) is 0 Å². The lowest BCUT2D eigenvalue weighted by Crippen LogP contribution is -2.13. The zero-order valence-electron chi connectivity index (χ0n) is 12.2. The zero-order valence-corrected chi connectivity index (χ0v) is 12.2. The van der Waals surface area contributed by atoms with Crippen LogP contribution in [0.1, 0.15) is 5.56 Å². The molecule has 1 aromatic carbocycles. The Morgan fingerprint density at radius 3 is 3.05 bits per heavy atom. The van der Waals surface area contributed by atoms with E-state index in [9.17, 15) is 0 Å². The Hall–Kier alpha value is -2.49. The number of rotatable bonds is 2. The van der Waals surface area contributed by atoms with Crippen LogP contribution in [-0.4, -0.2) is 30.7 Å². The van der Waals surface area contributed by atoms with Gasteiger partial charge in [-0.05, 0) is 36.2 Å². The summed E-state index contributed by atoms with van der Waals surface area (Å²) < 4.78 is 5.33. The average molecular weight is 279 g/mol. The van der Waals surface area contributed by atoms with Crippen LogP contribution in [0.15, 0.2) is 36.7 Å². The van der Waals surface area contributed by atoms with E-state index in [2.05, 4.69) is 34.0 Å². The number of aromatic amines is 1. The summed E-state index contributed by atoms with van der Waals surface area (Å²) in [6.45, 7) is 1.05. The molecule has 3 aromatic rings. The summed E-state index contributed by atoms with van der Waals surface area (Å²) in [6, 6.07) is 8.35. The third-order valence-corrected chi connectivity index (χ3v) is 4.22. The van der Waals surface area contributed by atoms with E-state index in [0.29, 0.717) is 0 Å². The molecule has 2 aromatic heterocycles. The van der Waals surface area contributed by atoms with E-state index < -0.39 is 0 Å². The highest BCUT2D eigenvalue weighted by molar-refractivity contribution is 5.96. The first-order valence-electron chi connectivity index (χ1n) is 7.12. The van der Waals surface area contributed by atoms with Gasteiger partial charge in [0.2, 0.25) is 0 Å². The molecule has 0 fully saturated rings. The third-order valence-electron chi connectivity index (χ3n) is 4.22. The molecule has 4 rings (SSSR count). The minimum atomic E-state index is 0.872. The summed E-state index contributed by atoms with van der Waals surface area (Å²) in [7, 11) is 3.79. The first kappa shape index (κ1) is 12.3. The number of nitrogens with zero attached hydrogens (tertiary/aromatic N) is 2. The molecule has 1 aliphatic rings. The van der Waals surface area contributed by atoms with E-state index in [1.807, 2.05) is 24.5 Å². The van der Waals surface area contributed by atoms with Gasteiger partial charge in [-0.2, -0.15) is 0 Å². The zero-order chi connectivity index (χ0) is 14.4. The van der Waals surface area contributed by atoms with E-state index in [4.69, 9.17) is 4.74 Å². The monoisotopic (exact) mass is 279 g/mol. The molecule has 4 heteroatoms. The van der Waals surface area contributed by atoms with Crippen LogP contribution in [0.2, 0.25) is 0 Å². The Kier molecular flexibility index (Phi) is 2.64. The normalized spacial score (nSPS) is 13.7. The maximum Gasteiger partial charge on any atom is 0.131 e. The number of H-pyrrole nitrogens is 1. The molecule has 0 atom stereocenters. The number of methoxy groups -OCH3 is 1. The SMILES string of the molecule is COc1ccc2[nH]cc(-c3cnc4c(c3)CCN4C)c2c1. The van der Waals surface area contributed by atoms with Crippen molar-refractivity contribution in [2.75, 3.05) is 25.6 Å². The number of benzene rings is 1. The molecular weight excluding hydrogens is 262 g/mol. The van der Waals surface area contributed by atoms with E-state index >= 15 is 0 Å². The van der Waals surface area contributed by atoms with E-state index in [-0.39, 0.29) is 0 Å². The number of fused-ring (bicyclic) bond motifs is 2. The largest absolute Gasteiger partial charge is 0.497 e. The van der Waals surface area contributed by atoms with Crippen LogP contribution in [0.3, 0.4) is 0 Å². The van der Waals surface area contributed by atoms with Gasteiger partial charge in [0.05, 0.1) is 7.11 Å². The van der Waals surface area contributed by atoms with Crippen molar-refractivity contribution >= 4 is 16.7 Å². The molecule has 0 saturated heterocycles. The van der Waals surface area contributed by atoms with Crippen LogP contribution in [0.25, 0.3) is 22.0 Å². The Balaban J connectivity index is 1.87. The minimum Gasteiger partial charge on any atom is -0.497 e. The smallest absolute Gasteiger partial charge is 0.131 e. The first-order valence-corrected chi connectivity index (χ1v) is 7.12. The predicted molar refractivity (Wildman–Crippen MR) is 85.1 cm³/mol. The quantitative estimate of drug-likeness (QED) is 0.783. The number of aromatic nitrogens is 2. The molecule has 0 radical (unpaired) electrons. The van der Waals surface area contributed by atoms with Gasteiger partial charge < -0.3 is 14.6 Å². The first-order chi connectivity index (χ1) is 10.3. The van der Waals surface area contributed by atoms with Crippen molar-refractivity contribution in [3.8, 4) is 16.9 Å². The molecular formula is C17H17N3O. The number of nitrogens with one attached hydrogen (secondary N) is 1. The number of ether oxygens (including phenoxy) is 1. The second kappa shape index (κ2) is 4.52. The van der Waals surface area contributed by atoms with Crippen molar-refractivity contribution in [1.82, 2.24) is 9.97 Å². The van der Waals surface area contributed by atoms with Crippen LogP contribution in [-0.2, 0) is 6.42 Å². The Morgan fingerprint density at radius 1 is 1.29 bits per heavy atom. The maximum absolute atomic E-state index is 5.33. The number of hydrogen-bond acceptors (Lipinski definition) is 3. The summed E-state index contributed by atoms with van der Waals surface area (Å²) in [5.74, 6) is 1.98. The fourth-order valence-corrected chi connectivity index (χ4v) is 3.04. The number of hydrogen-bond donors (Lipinski definition) is 1. The Morgan fingerprint density at radius 2 is 2.19 bits per heavy atom. The molecule has 0 aliphatic carbocycles. The van der Waals surface area contributed by atoms with Crippen LogP contribution >= 0.6 is 0 Å². The predicted octanol–water partition coefficient (Wildman–Crippen LogP) is 3.23. The van der Waals surface area contributed by atoms with Gasteiger partial charge in [-0.3, -0.25) is 0 Å². The van der Waals surface area contributed by atoms with Gasteiger partial charge in [-0.25, -0.2) is 4.98 Å². The van der Waals surface area contributed by atoms with Crippen LogP contribution in [0, 0.1) is 0 Å². The maximum atomic E-state index is 5.33. The highest BCUT2D eigenvalue weighted by atomic mass is 16.5. The van der Waals surface area contributed by atoms with E-state index in [1.165, 1.54) is 16.5 Å². The van der Waals surface area contributed by atoms with Crippen molar-refractivity contribution in [2.24, 2.45) is 0 Å². The van der Waals surface area contributed by atoms with Crippen LogP contribution in [0.4, 0.5) is 5.82 Å². The second-order valence-corrected chi connectivity index (χ2v) is 5.49. The molecule has 0 bridgehead atoms. The number of likely N-dealkylation sites (N-methyl/N-ethyl adjacent to an activating group) is 1. The van der Waals surface area contributed by atoms with Gasteiger partial charge in [-0.1, -0.05) is 0 Å². The van der Waals surface area contributed by atoms with Crippen molar-refractivity contribution < 1.29 is 4.74 Å². The lowest BCUT2D eigenvalue weighted by atomic mass is 10.0. The average Bonchev–Trinajstić information content (AvgIpc) is 3.10. The van der Waals surface area contributed by atoms with Gasteiger partial charge >= 0.3 is 0 Å². The summed E-state index contributed by atoms with van der Waals surface area (Å²) in [5.41, 5.74) is 4.77. The highest BCUT2D eigenvalue weighted by Crippen LogP contribution is 2.34. The molecule has 21 heavy (non-hydrogen) atoms. The fraction of sp³-hybridized carbons (Fsp3) is 0.235. The molecule has 0 spiro atoms. The van der Waals surface area contributed by atoms with Crippen molar-refractivity contribution in [2.45, 2.75) is 6.42 Å². The Labute approximate surface area is 123 Å². The second-order valence-electron chi connectivity index (χ2n) is 5.49. The van der Waals surface area contributed by atoms with Gasteiger partial charge in [0.1, 0.15) is 11.6 Å². The fourth-order valence-electron chi connectivity index (χ4n) is 3.04.